The van der Waals surface area contributed by atoms with E-state index in [4.69, 9.17) is 4.42 Å². The lowest BCUT2D eigenvalue weighted by Crippen LogP contribution is -2.10. The number of carbonyl (C=O) groups excluding carboxylic acids is 1. The first-order valence-corrected chi connectivity index (χ1v) is 6.64. The quantitative estimate of drug-likeness (QED) is 0.759. The molecule has 0 atom stereocenters. The number of benzene rings is 1. The molecule has 0 aliphatic rings. The lowest BCUT2D eigenvalue weighted by atomic mass is 9.87. The Hall–Kier alpha value is -1.48. The number of hydrogen-bond acceptors (Lipinski definition) is 3. The van der Waals surface area contributed by atoms with Gasteiger partial charge in [-0.2, -0.15) is 0 Å². The monoisotopic (exact) mass is 260 g/mol. The van der Waals surface area contributed by atoms with Crippen LogP contribution in [-0.4, -0.2) is 6.29 Å². The third-order valence-corrected chi connectivity index (χ3v) is 3.59. The second kappa shape index (κ2) is 5.02. The Morgan fingerprint density at radius 3 is 2.22 bits per heavy atom. The van der Waals surface area contributed by atoms with E-state index in [0.717, 1.165) is 9.99 Å². The van der Waals surface area contributed by atoms with Gasteiger partial charge in [0, 0.05) is 4.90 Å². The summed E-state index contributed by atoms with van der Waals surface area (Å²) in [5.41, 5.74) is 1.47. The molecule has 0 radical (unpaired) electrons. The molecule has 0 unspecified atom stereocenters. The van der Waals surface area contributed by atoms with Crippen LogP contribution in [0.3, 0.4) is 0 Å². The molecule has 0 aliphatic heterocycles. The van der Waals surface area contributed by atoms with Gasteiger partial charge in [-0.3, -0.25) is 4.79 Å². The summed E-state index contributed by atoms with van der Waals surface area (Å²) in [6.45, 7) is 6.58. The molecule has 0 saturated heterocycles. The zero-order valence-electron chi connectivity index (χ0n) is 10.8. The van der Waals surface area contributed by atoms with Crippen LogP contribution in [0.2, 0.25) is 0 Å². The van der Waals surface area contributed by atoms with E-state index in [2.05, 4.69) is 45.0 Å². The standard InChI is InChI=1S/C15H16O2S/c1-15(2,3)11-4-7-13(8-5-11)18-14-9-6-12(10-16)17-14/h4-10H,1-3H3. The van der Waals surface area contributed by atoms with E-state index in [-0.39, 0.29) is 5.41 Å². The molecule has 0 amide bonds. The van der Waals surface area contributed by atoms with E-state index in [1.165, 1.54) is 17.3 Å². The lowest BCUT2D eigenvalue weighted by molar-refractivity contribution is 0.109. The van der Waals surface area contributed by atoms with Crippen LogP contribution >= 0.6 is 11.8 Å². The maximum Gasteiger partial charge on any atom is 0.185 e. The molecule has 0 fully saturated rings. The van der Waals surface area contributed by atoms with Crippen molar-refractivity contribution in [2.75, 3.05) is 0 Å². The summed E-state index contributed by atoms with van der Waals surface area (Å²) in [6, 6.07) is 11.9. The lowest BCUT2D eigenvalue weighted by Gasteiger charge is -2.18. The SMILES string of the molecule is CC(C)(C)c1ccc(Sc2ccc(C=O)o2)cc1. The summed E-state index contributed by atoms with van der Waals surface area (Å²) < 4.78 is 5.33. The number of carbonyl (C=O) groups is 1. The molecule has 2 nitrogen and oxygen atoms in total. The zero-order valence-corrected chi connectivity index (χ0v) is 11.6. The highest BCUT2D eigenvalue weighted by molar-refractivity contribution is 7.99. The molecule has 0 aliphatic carbocycles. The fourth-order valence-corrected chi connectivity index (χ4v) is 2.37. The second-order valence-electron chi connectivity index (χ2n) is 5.15. The van der Waals surface area contributed by atoms with Gasteiger partial charge in [0.15, 0.2) is 17.1 Å². The average Bonchev–Trinajstić information content (AvgIpc) is 2.76. The highest BCUT2D eigenvalue weighted by Crippen LogP contribution is 2.31. The van der Waals surface area contributed by atoms with Crippen molar-refractivity contribution in [2.24, 2.45) is 0 Å². The van der Waals surface area contributed by atoms with E-state index in [9.17, 15) is 4.79 Å². The van der Waals surface area contributed by atoms with Gasteiger partial charge < -0.3 is 4.42 Å². The topological polar surface area (TPSA) is 30.2 Å². The normalized spacial score (nSPS) is 11.5. The van der Waals surface area contributed by atoms with E-state index < -0.39 is 0 Å². The Kier molecular flexibility index (Phi) is 3.62. The molecule has 2 aromatic rings. The maximum atomic E-state index is 10.5. The molecule has 2 rings (SSSR count). The second-order valence-corrected chi connectivity index (χ2v) is 6.23. The fraction of sp³-hybridized carbons (Fsp3) is 0.267. The molecule has 3 heteroatoms. The van der Waals surface area contributed by atoms with Gasteiger partial charge in [-0.05, 0) is 35.2 Å². The zero-order chi connectivity index (χ0) is 13.2. The summed E-state index contributed by atoms with van der Waals surface area (Å²) in [5.74, 6) is 0.365. The number of furan rings is 1. The summed E-state index contributed by atoms with van der Waals surface area (Å²) >= 11 is 1.52. The Morgan fingerprint density at radius 1 is 1.06 bits per heavy atom. The van der Waals surface area contributed by atoms with Gasteiger partial charge >= 0.3 is 0 Å². The predicted octanol–water partition coefficient (Wildman–Crippen LogP) is 4.54. The van der Waals surface area contributed by atoms with E-state index >= 15 is 0 Å². The highest BCUT2D eigenvalue weighted by Gasteiger charge is 2.13. The van der Waals surface area contributed by atoms with Crippen molar-refractivity contribution >= 4 is 18.0 Å². The highest BCUT2D eigenvalue weighted by atomic mass is 32.2. The molecular weight excluding hydrogens is 244 g/mol. The minimum absolute atomic E-state index is 0.165. The minimum atomic E-state index is 0.165. The van der Waals surface area contributed by atoms with Gasteiger partial charge in [-0.1, -0.05) is 44.7 Å². The van der Waals surface area contributed by atoms with E-state index in [0.29, 0.717) is 12.0 Å². The average molecular weight is 260 g/mol. The third-order valence-electron chi connectivity index (χ3n) is 2.66. The molecule has 94 valence electrons. The third kappa shape index (κ3) is 3.05. The van der Waals surface area contributed by atoms with Gasteiger partial charge in [0.25, 0.3) is 0 Å². The van der Waals surface area contributed by atoms with Crippen LogP contribution in [0.15, 0.2) is 50.8 Å². The van der Waals surface area contributed by atoms with Crippen LogP contribution in [0.4, 0.5) is 0 Å². The van der Waals surface area contributed by atoms with Crippen LogP contribution in [0.1, 0.15) is 36.9 Å². The van der Waals surface area contributed by atoms with Crippen LogP contribution in [-0.2, 0) is 5.41 Å². The number of hydrogen-bond donors (Lipinski definition) is 0. The molecule has 0 bridgehead atoms. The summed E-state index contributed by atoms with van der Waals surface area (Å²) in [7, 11) is 0. The first-order valence-electron chi connectivity index (χ1n) is 5.82. The van der Waals surface area contributed by atoms with Crippen molar-refractivity contribution in [2.45, 2.75) is 36.2 Å². The molecular formula is C15H16O2S. The van der Waals surface area contributed by atoms with Crippen molar-refractivity contribution in [3.63, 3.8) is 0 Å². The molecule has 0 spiro atoms. The first kappa shape index (κ1) is 13.0. The van der Waals surface area contributed by atoms with Crippen LogP contribution in [0.25, 0.3) is 0 Å². The largest absolute Gasteiger partial charge is 0.447 e. The smallest absolute Gasteiger partial charge is 0.185 e. The van der Waals surface area contributed by atoms with Crippen molar-refractivity contribution in [1.82, 2.24) is 0 Å². The van der Waals surface area contributed by atoms with Crippen LogP contribution < -0.4 is 0 Å². The van der Waals surface area contributed by atoms with E-state index in [1.54, 1.807) is 6.07 Å². The van der Waals surface area contributed by atoms with Gasteiger partial charge in [0.1, 0.15) is 0 Å². The number of rotatable bonds is 3. The summed E-state index contributed by atoms with van der Waals surface area (Å²) in [4.78, 5) is 11.6. The first-order chi connectivity index (χ1) is 8.49. The Labute approximate surface area is 111 Å². The van der Waals surface area contributed by atoms with Gasteiger partial charge in [-0.25, -0.2) is 0 Å². The Balaban J connectivity index is 2.13. The van der Waals surface area contributed by atoms with Crippen LogP contribution in [0, 0.1) is 0 Å². The molecule has 0 N–H and O–H groups in total. The molecule has 1 heterocycles. The van der Waals surface area contributed by atoms with Gasteiger partial charge in [0.2, 0.25) is 0 Å². The summed E-state index contributed by atoms with van der Waals surface area (Å²) in [6.07, 6.45) is 0.715. The molecule has 1 aromatic carbocycles. The fourth-order valence-electron chi connectivity index (χ4n) is 1.59. The maximum absolute atomic E-state index is 10.5. The van der Waals surface area contributed by atoms with Crippen LogP contribution in [0.5, 0.6) is 0 Å². The van der Waals surface area contributed by atoms with Crippen molar-refractivity contribution in [1.29, 1.82) is 0 Å². The predicted molar refractivity (Wildman–Crippen MR) is 73.4 cm³/mol. The number of aldehydes is 1. The Morgan fingerprint density at radius 2 is 1.72 bits per heavy atom. The summed E-state index contributed by atoms with van der Waals surface area (Å²) in [5, 5.41) is 0.737. The van der Waals surface area contributed by atoms with Crippen molar-refractivity contribution in [3.05, 3.63) is 47.7 Å². The molecule has 1 aromatic heterocycles. The van der Waals surface area contributed by atoms with Crippen molar-refractivity contribution < 1.29 is 9.21 Å². The van der Waals surface area contributed by atoms with Gasteiger partial charge in [0.05, 0.1) is 0 Å². The van der Waals surface area contributed by atoms with E-state index in [1.807, 2.05) is 6.07 Å². The molecule has 0 saturated carbocycles. The Bertz CT molecular complexity index is 532. The molecule has 18 heavy (non-hydrogen) atoms. The van der Waals surface area contributed by atoms with Crippen molar-refractivity contribution in [3.8, 4) is 0 Å². The van der Waals surface area contributed by atoms with Gasteiger partial charge in [-0.15, -0.1) is 0 Å². The minimum Gasteiger partial charge on any atom is -0.447 e.